The summed E-state index contributed by atoms with van der Waals surface area (Å²) in [5.74, 6) is -1.44. The van der Waals surface area contributed by atoms with Gasteiger partial charge in [-0.15, -0.1) is 12.4 Å². The second-order valence-corrected chi connectivity index (χ2v) is 5.86. The minimum atomic E-state index is -1.17. The normalized spacial score (nSPS) is 12.7. The third kappa shape index (κ3) is 3.37. The first-order chi connectivity index (χ1) is 7.66. The van der Waals surface area contributed by atoms with Gasteiger partial charge in [-0.3, -0.25) is 0 Å². The molecule has 102 valence electrons. The van der Waals surface area contributed by atoms with Crippen molar-refractivity contribution in [2.24, 2.45) is 11.1 Å². The van der Waals surface area contributed by atoms with Gasteiger partial charge < -0.3 is 15.9 Å². The maximum atomic E-state index is 10.9. The van der Waals surface area contributed by atoms with E-state index in [1.54, 1.807) is 6.07 Å². The number of nitrogens with two attached hydrogens (primary N) is 1. The number of carboxylic acid groups (broad SMARTS) is 1. The highest BCUT2D eigenvalue weighted by Gasteiger charge is 2.28. The molecule has 0 aliphatic carbocycles. The van der Waals surface area contributed by atoms with Gasteiger partial charge in [-0.05, 0) is 17.5 Å². The monoisotopic (exact) mass is 337 g/mol. The summed E-state index contributed by atoms with van der Waals surface area (Å²) in [5.41, 5.74) is 6.07. The van der Waals surface area contributed by atoms with Crippen LogP contribution < -0.4 is 5.73 Å². The number of phenols is 1. The van der Waals surface area contributed by atoms with Crippen molar-refractivity contribution in [2.75, 3.05) is 0 Å². The summed E-state index contributed by atoms with van der Waals surface area (Å²) in [7, 11) is 0. The third-order valence-electron chi connectivity index (χ3n) is 2.64. The summed E-state index contributed by atoms with van der Waals surface area (Å²) < 4.78 is 0.613. The zero-order valence-corrected chi connectivity index (χ0v) is 12.8. The van der Waals surface area contributed by atoms with E-state index in [9.17, 15) is 9.90 Å². The lowest BCUT2D eigenvalue weighted by Crippen LogP contribution is -2.27. The molecule has 1 aromatic carbocycles. The lowest BCUT2D eigenvalue weighted by atomic mass is 9.82. The Morgan fingerprint density at radius 1 is 1.39 bits per heavy atom. The van der Waals surface area contributed by atoms with E-state index in [1.807, 2.05) is 20.8 Å². The van der Waals surface area contributed by atoms with Crippen molar-refractivity contribution >= 4 is 34.3 Å². The van der Waals surface area contributed by atoms with Crippen molar-refractivity contribution in [3.8, 4) is 5.75 Å². The third-order valence-corrected chi connectivity index (χ3v) is 3.33. The summed E-state index contributed by atoms with van der Waals surface area (Å²) in [5, 5.41) is 18.9. The Morgan fingerprint density at radius 3 is 2.28 bits per heavy atom. The number of hydrogen-bond donors (Lipinski definition) is 3. The molecule has 4 N–H and O–H groups in total. The maximum absolute atomic E-state index is 10.9. The average molecular weight is 339 g/mol. The van der Waals surface area contributed by atoms with Gasteiger partial charge in [0.25, 0.3) is 0 Å². The van der Waals surface area contributed by atoms with Crippen LogP contribution in [0.5, 0.6) is 5.75 Å². The Bertz CT molecular complexity index is 457. The highest BCUT2D eigenvalue weighted by Crippen LogP contribution is 2.40. The molecule has 0 spiro atoms. The second-order valence-electron chi connectivity index (χ2n) is 5.01. The number of benzene rings is 1. The van der Waals surface area contributed by atoms with E-state index >= 15 is 0 Å². The van der Waals surface area contributed by atoms with Gasteiger partial charge >= 0.3 is 5.97 Å². The van der Waals surface area contributed by atoms with Crippen molar-refractivity contribution in [3.63, 3.8) is 0 Å². The molecule has 0 amide bonds. The summed E-state index contributed by atoms with van der Waals surface area (Å²) in [6.07, 6.45) is 0. The topological polar surface area (TPSA) is 83.6 Å². The summed E-state index contributed by atoms with van der Waals surface area (Å²) in [6.45, 7) is 5.78. The van der Waals surface area contributed by atoms with Gasteiger partial charge in [0.1, 0.15) is 11.3 Å². The van der Waals surface area contributed by atoms with E-state index in [0.29, 0.717) is 10.0 Å². The molecule has 0 aliphatic rings. The maximum Gasteiger partial charge on any atom is 0.339 e. The Balaban J connectivity index is 0.00000289. The van der Waals surface area contributed by atoms with E-state index in [1.165, 1.54) is 6.07 Å². The number of rotatable bonds is 2. The van der Waals surface area contributed by atoms with Gasteiger partial charge in [0, 0.05) is 16.1 Å². The molecule has 0 aromatic heterocycles. The molecule has 0 saturated carbocycles. The number of halogens is 2. The number of carbonyl (C=O) groups is 1. The van der Waals surface area contributed by atoms with Gasteiger partial charge in [0.05, 0.1) is 0 Å². The Morgan fingerprint density at radius 2 is 1.89 bits per heavy atom. The fourth-order valence-corrected chi connectivity index (χ4v) is 2.05. The molecule has 18 heavy (non-hydrogen) atoms. The molecule has 0 unspecified atom stereocenters. The van der Waals surface area contributed by atoms with Gasteiger partial charge in [0.2, 0.25) is 0 Å². The molecule has 0 bridgehead atoms. The van der Waals surface area contributed by atoms with E-state index in [2.05, 4.69) is 15.9 Å². The molecular weight excluding hydrogens is 321 g/mol. The van der Waals surface area contributed by atoms with Gasteiger partial charge in [-0.25, -0.2) is 4.79 Å². The second kappa shape index (κ2) is 5.91. The van der Waals surface area contributed by atoms with Crippen LogP contribution in [0.4, 0.5) is 0 Å². The van der Waals surface area contributed by atoms with Crippen molar-refractivity contribution in [1.29, 1.82) is 0 Å². The average Bonchev–Trinajstić information content (AvgIpc) is 2.15. The van der Waals surface area contributed by atoms with Crippen molar-refractivity contribution in [2.45, 2.75) is 26.8 Å². The largest absolute Gasteiger partial charge is 0.507 e. The van der Waals surface area contributed by atoms with Gasteiger partial charge in [-0.1, -0.05) is 36.7 Å². The lowest BCUT2D eigenvalue weighted by Gasteiger charge is -2.29. The van der Waals surface area contributed by atoms with Gasteiger partial charge in [-0.2, -0.15) is 0 Å². The summed E-state index contributed by atoms with van der Waals surface area (Å²) in [6, 6.07) is 2.47. The van der Waals surface area contributed by atoms with Crippen molar-refractivity contribution < 1.29 is 15.0 Å². The van der Waals surface area contributed by atoms with Crippen LogP contribution in [0.15, 0.2) is 16.6 Å². The van der Waals surface area contributed by atoms with Gasteiger partial charge in [0.15, 0.2) is 0 Å². The molecule has 6 heteroatoms. The molecule has 0 saturated heterocycles. The molecular formula is C12H17BrClNO3. The number of carboxylic acids is 1. The molecule has 4 nitrogen and oxygen atoms in total. The molecule has 1 aromatic rings. The zero-order chi connectivity index (χ0) is 13.4. The number of aromatic hydroxyl groups is 1. The molecule has 0 aliphatic heterocycles. The Labute approximate surface area is 121 Å². The van der Waals surface area contributed by atoms with Crippen LogP contribution in [-0.4, -0.2) is 16.2 Å². The van der Waals surface area contributed by atoms with Crippen LogP contribution in [0, 0.1) is 5.41 Å². The summed E-state index contributed by atoms with van der Waals surface area (Å²) >= 11 is 3.29. The van der Waals surface area contributed by atoms with Crippen LogP contribution in [0.2, 0.25) is 0 Å². The van der Waals surface area contributed by atoms with E-state index in [-0.39, 0.29) is 29.1 Å². The fourth-order valence-electron chi connectivity index (χ4n) is 1.48. The number of aromatic carboxylic acids is 1. The predicted octanol–water partition coefficient (Wildman–Crippen LogP) is 3.32. The predicted molar refractivity (Wildman–Crippen MR) is 76.4 cm³/mol. The smallest absolute Gasteiger partial charge is 0.339 e. The SMILES string of the molecule is CC(C)(C)[C@@H](N)c1c(Br)ccc(C(=O)O)c1O.Cl. The first-order valence-corrected chi connectivity index (χ1v) is 5.95. The lowest BCUT2D eigenvalue weighted by molar-refractivity contribution is 0.0693. The van der Waals surface area contributed by atoms with Crippen LogP contribution in [0.1, 0.15) is 42.7 Å². The summed E-state index contributed by atoms with van der Waals surface area (Å²) in [4.78, 5) is 10.9. The highest BCUT2D eigenvalue weighted by molar-refractivity contribution is 9.10. The van der Waals surface area contributed by atoms with Crippen molar-refractivity contribution in [1.82, 2.24) is 0 Å². The quantitative estimate of drug-likeness (QED) is 0.772. The van der Waals surface area contributed by atoms with E-state index < -0.39 is 12.0 Å². The highest BCUT2D eigenvalue weighted by atomic mass is 79.9. The standard InChI is InChI=1S/C12H16BrNO3.ClH/c1-12(2,3)10(14)8-7(13)5-4-6(9(8)15)11(16)17;/h4-5,10,15H,14H2,1-3H3,(H,16,17);1H/t10-;/m0./s1. The minimum absolute atomic E-state index is 0. The van der Waals surface area contributed by atoms with Crippen molar-refractivity contribution in [3.05, 3.63) is 27.7 Å². The first kappa shape index (κ1) is 17.2. The van der Waals surface area contributed by atoms with E-state index in [4.69, 9.17) is 10.8 Å². The molecule has 0 fully saturated rings. The molecule has 0 radical (unpaired) electrons. The molecule has 1 rings (SSSR count). The Kier molecular flexibility index (Phi) is 5.65. The van der Waals surface area contributed by atoms with Crippen LogP contribution in [0.3, 0.4) is 0 Å². The van der Waals surface area contributed by atoms with Crippen LogP contribution in [-0.2, 0) is 0 Å². The molecule has 1 atom stereocenters. The van der Waals surface area contributed by atoms with Crippen LogP contribution >= 0.6 is 28.3 Å². The fraction of sp³-hybridized carbons (Fsp3) is 0.417. The zero-order valence-electron chi connectivity index (χ0n) is 10.4. The van der Waals surface area contributed by atoms with E-state index in [0.717, 1.165) is 0 Å². The Hall–Kier alpha value is -0.780. The molecule has 0 heterocycles. The number of hydrogen-bond acceptors (Lipinski definition) is 3. The minimum Gasteiger partial charge on any atom is -0.507 e. The first-order valence-electron chi connectivity index (χ1n) is 5.16. The van der Waals surface area contributed by atoms with Crippen LogP contribution in [0.25, 0.3) is 0 Å².